The van der Waals surface area contributed by atoms with Crippen molar-refractivity contribution in [1.29, 1.82) is 0 Å². The molecular weight excluding hydrogens is 252 g/mol. The van der Waals surface area contributed by atoms with Gasteiger partial charge in [-0.2, -0.15) is 0 Å². The van der Waals surface area contributed by atoms with Crippen LogP contribution < -0.4 is 5.32 Å². The first-order chi connectivity index (χ1) is 9.81. The molecular formula is C15H14N4O. The third-order valence-electron chi connectivity index (χ3n) is 3.04. The molecule has 5 heteroatoms. The van der Waals surface area contributed by atoms with Crippen molar-refractivity contribution in [3.8, 4) is 0 Å². The number of rotatable bonds is 4. The molecule has 0 radical (unpaired) electrons. The minimum atomic E-state index is -0.0190. The lowest BCUT2D eigenvalue weighted by molar-refractivity contribution is -0.116. The van der Waals surface area contributed by atoms with Gasteiger partial charge in [0.15, 0.2) is 0 Å². The number of nitrogens with one attached hydrogen (secondary N) is 2. The Morgan fingerprint density at radius 2 is 2.15 bits per heavy atom. The van der Waals surface area contributed by atoms with Crippen LogP contribution in [0.2, 0.25) is 0 Å². The first-order valence-electron chi connectivity index (χ1n) is 6.44. The Morgan fingerprint density at radius 3 is 3.00 bits per heavy atom. The number of anilines is 1. The molecule has 0 spiro atoms. The van der Waals surface area contributed by atoms with E-state index < -0.39 is 0 Å². The summed E-state index contributed by atoms with van der Waals surface area (Å²) in [6.07, 6.45) is 4.42. The molecule has 1 amide bonds. The Morgan fingerprint density at radius 1 is 1.20 bits per heavy atom. The summed E-state index contributed by atoms with van der Waals surface area (Å²) in [4.78, 5) is 23.3. The molecule has 100 valence electrons. The maximum Gasteiger partial charge on any atom is 0.224 e. The van der Waals surface area contributed by atoms with Crippen LogP contribution in [0.5, 0.6) is 0 Å². The van der Waals surface area contributed by atoms with E-state index in [-0.39, 0.29) is 5.91 Å². The SMILES string of the molecule is O=C(CCc1ccccn1)Nc1ccc2nc[nH]c2c1. The van der Waals surface area contributed by atoms with Crippen molar-refractivity contribution >= 4 is 22.6 Å². The highest BCUT2D eigenvalue weighted by atomic mass is 16.1. The monoisotopic (exact) mass is 266 g/mol. The summed E-state index contributed by atoms with van der Waals surface area (Å²) < 4.78 is 0. The number of aryl methyl sites for hydroxylation is 1. The fourth-order valence-electron chi connectivity index (χ4n) is 2.02. The van der Waals surface area contributed by atoms with Gasteiger partial charge in [0, 0.05) is 24.0 Å². The predicted octanol–water partition coefficient (Wildman–Crippen LogP) is 2.53. The quantitative estimate of drug-likeness (QED) is 0.762. The van der Waals surface area contributed by atoms with Crippen molar-refractivity contribution in [3.63, 3.8) is 0 Å². The van der Waals surface area contributed by atoms with Crippen LogP contribution in [-0.4, -0.2) is 20.9 Å². The number of carbonyl (C=O) groups excluding carboxylic acids is 1. The van der Waals surface area contributed by atoms with E-state index in [4.69, 9.17) is 0 Å². The highest BCUT2D eigenvalue weighted by Crippen LogP contribution is 2.15. The van der Waals surface area contributed by atoms with Crippen LogP contribution in [0.3, 0.4) is 0 Å². The van der Waals surface area contributed by atoms with Crippen LogP contribution >= 0.6 is 0 Å². The van der Waals surface area contributed by atoms with Crippen molar-refractivity contribution in [3.05, 3.63) is 54.6 Å². The summed E-state index contributed by atoms with van der Waals surface area (Å²) in [6, 6.07) is 11.3. The zero-order valence-electron chi connectivity index (χ0n) is 10.8. The Hall–Kier alpha value is -2.69. The molecule has 0 fully saturated rings. The number of pyridine rings is 1. The van der Waals surface area contributed by atoms with E-state index in [9.17, 15) is 4.79 Å². The van der Waals surface area contributed by atoms with E-state index in [1.807, 2.05) is 36.4 Å². The maximum atomic E-state index is 11.9. The minimum absolute atomic E-state index is 0.0190. The Kier molecular flexibility index (Phi) is 3.41. The van der Waals surface area contributed by atoms with Crippen LogP contribution in [0.4, 0.5) is 5.69 Å². The number of H-pyrrole nitrogens is 1. The molecule has 3 aromatic rings. The van der Waals surface area contributed by atoms with Crippen LogP contribution in [0.1, 0.15) is 12.1 Å². The molecule has 0 aliphatic carbocycles. The van der Waals surface area contributed by atoms with Gasteiger partial charge in [0.1, 0.15) is 0 Å². The normalized spacial score (nSPS) is 10.6. The van der Waals surface area contributed by atoms with Gasteiger partial charge in [0.05, 0.1) is 17.4 Å². The molecule has 2 N–H and O–H groups in total. The molecule has 0 aliphatic heterocycles. The van der Waals surface area contributed by atoms with Crippen LogP contribution in [0.25, 0.3) is 11.0 Å². The van der Waals surface area contributed by atoms with E-state index in [1.54, 1.807) is 12.5 Å². The third-order valence-corrected chi connectivity index (χ3v) is 3.04. The Labute approximate surface area is 116 Å². The number of hydrogen-bond donors (Lipinski definition) is 2. The van der Waals surface area contributed by atoms with Crippen molar-refractivity contribution in [2.75, 3.05) is 5.32 Å². The van der Waals surface area contributed by atoms with Gasteiger partial charge in [-0.25, -0.2) is 4.98 Å². The maximum absolute atomic E-state index is 11.9. The van der Waals surface area contributed by atoms with E-state index in [0.717, 1.165) is 22.4 Å². The number of hydrogen-bond acceptors (Lipinski definition) is 3. The van der Waals surface area contributed by atoms with Gasteiger partial charge in [0.2, 0.25) is 5.91 Å². The second-order valence-electron chi connectivity index (χ2n) is 4.50. The number of carbonyl (C=O) groups is 1. The standard InChI is InChI=1S/C15H14N4O/c20-15(7-5-11-3-1-2-8-16-11)19-12-4-6-13-14(9-12)18-10-17-13/h1-4,6,8-10H,5,7H2,(H,17,18)(H,19,20). The number of aromatic nitrogens is 3. The topological polar surface area (TPSA) is 70.7 Å². The van der Waals surface area contributed by atoms with Crippen molar-refractivity contribution in [2.24, 2.45) is 0 Å². The summed E-state index contributed by atoms with van der Waals surface area (Å²) >= 11 is 0. The molecule has 3 rings (SSSR count). The lowest BCUT2D eigenvalue weighted by Crippen LogP contribution is -2.12. The average Bonchev–Trinajstić information content (AvgIpc) is 2.94. The van der Waals surface area contributed by atoms with Crippen LogP contribution in [-0.2, 0) is 11.2 Å². The number of amides is 1. The fraction of sp³-hybridized carbons (Fsp3) is 0.133. The second kappa shape index (κ2) is 5.52. The molecule has 0 unspecified atom stereocenters. The molecule has 5 nitrogen and oxygen atoms in total. The van der Waals surface area contributed by atoms with Crippen molar-refractivity contribution in [2.45, 2.75) is 12.8 Å². The largest absolute Gasteiger partial charge is 0.345 e. The number of benzene rings is 1. The zero-order valence-corrected chi connectivity index (χ0v) is 10.8. The number of nitrogens with zero attached hydrogens (tertiary/aromatic N) is 2. The first-order valence-corrected chi connectivity index (χ1v) is 6.44. The fourth-order valence-corrected chi connectivity index (χ4v) is 2.02. The molecule has 0 saturated heterocycles. The number of imidazole rings is 1. The molecule has 2 aromatic heterocycles. The predicted molar refractivity (Wildman–Crippen MR) is 77.3 cm³/mol. The van der Waals surface area contributed by atoms with Crippen molar-refractivity contribution in [1.82, 2.24) is 15.0 Å². The van der Waals surface area contributed by atoms with Gasteiger partial charge >= 0.3 is 0 Å². The minimum Gasteiger partial charge on any atom is -0.345 e. The molecule has 0 aliphatic rings. The van der Waals surface area contributed by atoms with Gasteiger partial charge in [-0.1, -0.05) is 6.07 Å². The zero-order chi connectivity index (χ0) is 13.8. The smallest absolute Gasteiger partial charge is 0.224 e. The molecule has 0 bridgehead atoms. The second-order valence-corrected chi connectivity index (χ2v) is 4.50. The van der Waals surface area contributed by atoms with Gasteiger partial charge in [-0.15, -0.1) is 0 Å². The van der Waals surface area contributed by atoms with E-state index in [2.05, 4.69) is 20.3 Å². The van der Waals surface area contributed by atoms with Crippen molar-refractivity contribution < 1.29 is 4.79 Å². The highest BCUT2D eigenvalue weighted by Gasteiger charge is 2.05. The molecule has 0 atom stereocenters. The number of fused-ring (bicyclic) bond motifs is 1. The Balaban J connectivity index is 1.61. The van der Waals surface area contributed by atoms with Gasteiger partial charge in [0.25, 0.3) is 0 Å². The summed E-state index contributed by atoms with van der Waals surface area (Å²) in [5, 5.41) is 2.88. The summed E-state index contributed by atoms with van der Waals surface area (Å²) in [5.74, 6) is -0.0190. The first kappa shape index (κ1) is 12.3. The molecule has 20 heavy (non-hydrogen) atoms. The van der Waals surface area contributed by atoms with Gasteiger partial charge < -0.3 is 10.3 Å². The summed E-state index contributed by atoms with van der Waals surface area (Å²) in [7, 11) is 0. The Bertz CT molecular complexity index is 721. The van der Waals surface area contributed by atoms with E-state index in [1.165, 1.54) is 0 Å². The van der Waals surface area contributed by atoms with E-state index >= 15 is 0 Å². The number of aromatic amines is 1. The third kappa shape index (κ3) is 2.83. The lowest BCUT2D eigenvalue weighted by atomic mass is 10.2. The average molecular weight is 266 g/mol. The van der Waals surface area contributed by atoms with E-state index in [0.29, 0.717) is 12.8 Å². The lowest BCUT2D eigenvalue weighted by Gasteiger charge is -2.05. The molecule has 2 heterocycles. The van der Waals surface area contributed by atoms with Crippen LogP contribution in [0, 0.1) is 0 Å². The highest BCUT2D eigenvalue weighted by molar-refractivity contribution is 5.93. The molecule has 0 saturated carbocycles. The van der Waals surface area contributed by atoms with Crippen LogP contribution in [0.15, 0.2) is 48.9 Å². The summed E-state index contributed by atoms with van der Waals surface area (Å²) in [5.41, 5.74) is 3.49. The van der Waals surface area contributed by atoms with Gasteiger partial charge in [-0.3, -0.25) is 9.78 Å². The summed E-state index contributed by atoms with van der Waals surface area (Å²) in [6.45, 7) is 0. The molecule has 1 aromatic carbocycles. The van der Waals surface area contributed by atoms with Gasteiger partial charge in [-0.05, 0) is 36.8 Å².